The number of carbonyl (C=O) groups is 2. The zero-order chi connectivity index (χ0) is 18.2. The summed E-state index contributed by atoms with van der Waals surface area (Å²) in [6.07, 6.45) is 0.135. The van der Waals surface area contributed by atoms with Crippen molar-refractivity contribution in [2.45, 2.75) is 32.7 Å². The van der Waals surface area contributed by atoms with Crippen molar-refractivity contribution < 1.29 is 14.7 Å². The number of amides is 2. The van der Waals surface area contributed by atoms with Crippen molar-refractivity contribution in [2.24, 2.45) is 0 Å². The molecular weight excluding hydrogens is 316 g/mol. The molecule has 2 aromatic carbocycles. The van der Waals surface area contributed by atoms with Crippen LogP contribution in [0.2, 0.25) is 0 Å². The summed E-state index contributed by atoms with van der Waals surface area (Å²) in [7, 11) is 0. The Bertz CT molecular complexity index is 709. The van der Waals surface area contributed by atoms with Gasteiger partial charge in [-0.2, -0.15) is 0 Å². The number of benzene rings is 2. The molecule has 3 N–H and O–H groups in total. The van der Waals surface area contributed by atoms with Gasteiger partial charge in [-0.05, 0) is 38.0 Å². The smallest absolute Gasteiger partial charge is 0.233 e. The highest BCUT2D eigenvalue weighted by molar-refractivity contribution is 6.03. The van der Waals surface area contributed by atoms with Crippen LogP contribution in [-0.2, 0) is 9.59 Å². The zero-order valence-corrected chi connectivity index (χ0v) is 14.6. The fourth-order valence-electron chi connectivity index (χ4n) is 2.48. The lowest BCUT2D eigenvalue weighted by molar-refractivity contribution is -0.127. The maximum Gasteiger partial charge on any atom is 0.233 e. The molecule has 0 heterocycles. The van der Waals surface area contributed by atoms with E-state index < -0.39 is 0 Å². The first-order valence-electron chi connectivity index (χ1n) is 8.31. The molecule has 2 aromatic rings. The van der Waals surface area contributed by atoms with Crippen molar-refractivity contribution in [3.05, 3.63) is 65.2 Å². The molecule has 5 heteroatoms. The van der Waals surface area contributed by atoms with E-state index in [0.717, 1.165) is 16.7 Å². The van der Waals surface area contributed by atoms with Crippen molar-refractivity contribution in [1.82, 2.24) is 5.32 Å². The second-order valence-electron chi connectivity index (χ2n) is 6.13. The molecule has 2 amide bonds. The van der Waals surface area contributed by atoms with Gasteiger partial charge in [0.2, 0.25) is 11.8 Å². The van der Waals surface area contributed by atoms with Crippen molar-refractivity contribution in [2.75, 3.05) is 11.9 Å². The molecule has 0 saturated carbocycles. The quantitative estimate of drug-likeness (QED) is 0.678. The first-order chi connectivity index (χ1) is 12.0. The Labute approximate surface area is 148 Å². The molecule has 0 bridgehead atoms. The lowest BCUT2D eigenvalue weighted by Gasteiger charge is -2.18. The minimum Gasteiger partial charge on any atom is -0.396 e. The van der Waals surface area contributed by atoms with Crippen LogP contribution in [0.25, 0.3) is 0 Å². The number of anilines is 1. The second-order valence-corrected chi connectivity index (χ2v) is 6.13. The maximum atomic E-state index is 12.2. The number of aliphatic hydroxyl groups is 1. The summed E-state index contributed by atoms with van der Waals surface area (Å²) < 4.78 is 0. The number of aliphatic hydroxyl groups excluding tert-OH is 1. The van der Waals surface area contributed by atoms with Gasteiger partial charge >= 0.3 is 0 Å². The minimum absolute atomic E-state index is 0.0472. The molecule has 0 spiro atoms. The summed E-state index contributed by atoms with van der Waals surface area (Å²) in [5, 5.41) is 14.8. The maximum absolute atomic E-state index is 12.2. The lowest BCUT2D eigenvalue weighted by atomic mass is 10.0. The average Bonchev–Trinajstić information content (AvgIpc) is 2.57. The van der Waals surface area contributed by atoms with Gasteiger partial charge in [0.15, 0.2) is 0 Å². The Hall–Kier alpha value is -2.66. The molecule has 1 atom stereocenters. The molecular formula is C20H24N2O3. The lowest BCUT2D eigenvalue weighted by Crippen LogP contribution is -2.32. The molecule has 1 unspecified atom stereocenters. The summed E-state index contributed by atoms with van der Waals surface area (Å²) in [5.74, 6) is -0.739. The zero-order valence-electron chi connectivity index (χ0n) is 14.6. The second kappa shape index (κ2) is 8.99. The first-order valence-corrected chi connectivity index (χ1v) is 8.31. The van der Waals surface area contributed by atoms with Crippen molar-refractivity contribution >= 4 is 17.5 Å². The van der Waals surface area contributed by atoms with Gasteiger partial charge in [0.05, 0.1) is 6.04 Å². The van der Waals surface area contributed by atoms with Gasteiger partial charge in [-0.15, -0.1) is 0 Å². The Morgan fingerprint density at radius 3 is 2.04 bits per heavy atom. The number of nitrogens with one attached hydrogen (secondary N) is 2. The van der Waals surface area contributed by atoms with Crippen LogP contribution in [0.1, 0.15) is 35.6 Å². The third-order valence-corrected chi connectivity index (χ3v) is 3.89. The Morgan fingerprint density at radius 1 is 0.920 bits per heavy atom. The van der Waals surface area contributed by atoms with E-state index in [4.69, 9.17) is 0 Å². The topological polar surface area (TPSA) is 78.4 Å². The van der Waals surface area contributed by atoms with Crippen LogP contribution in [0.4, 0.5) is 5.69 Å². The van der Waals surface area contributed by atoms with E-state index in [-0.39, 0.29) is 30.9 Å². The Morgan fingerprint density at radius 2 is 1.48 bits per heavy atom. The number of hydrogen-bond donors (Lipinski definition) is 3. The van der Waals surface area contributed by atoms with Gasteiger partial charge in [0, 0.05) is 12.3 Å². The van der Waals surface area contributed by atoms with Gasteiger partial charge < -0.3 is 15.7 Å². The average molecular weight is 340 g/mol. The SMILES string of the molecule is Cc1ccc(NC(=O)CC(=O)NC(CCO)c2ccc(C)cc2)cc1. The summed E-state index contributed by atoms with van der Waals surface area (Å²) >= 11 is 0. The Kier molecular flexibility index (Phi) is 6.71. The van der Waals surface area contributed by atoms with Crippen LogP contribution < -0.4 is 10.6 Å². The van der Waals surface area contributed by atoms with Crippen LogP contribution in [0.15, 0.2) is 48.5 Å². The van der Waals surface area contributed by atoms with Crippen LogP contribution in [0, 0.1) is 13.8 Å². The number of rotatable bonds is 7. The van der Waals surface area contributed by atoms with Crippen LogP contribution in [-0.4, -0.2) is 23.5 Å². The normalized spacial score (nSPS) is 11.6. The van der Waals surface area contributed by atoms with Gasteiger partial charge in [-0.3, -0.25) is 9.59 Å². The number of hydrogen-bond acceptors (Lipinski definition) is 3. The first kappa shape index (κ1) is 18.7. The molecule has 0 aliphatic rings. The van der Waals surface area contributed by atoms with Crippen molar-refractivity contribution in [3.63, 3.8) is 0 Å². The van der Waals surface area contributed by atoms with E-state index >= 15 is 0 Å². The van der Waals surface area contributed by atoms with Crippen LogP contribution in [0.3, 0.4) is 0 Å². The number of carbonyl (C=O) groups excluding carboxylic acids is 2. The largest absolute Gasteiger partial charge is 0.396 e. The highest BCUT2D eigenvalue weighted by Gasteiger charge is 2.16. The molecule has 0 fully saturated rings. The molecule has 132 valence electrons. The van der Waals surface area contributed by atoms with Crippen LogP contribution >= 0.6 is 0 Å². The van der Waals surface area contributed by atoms with Gasteiger partial charge in [-0.25, -0.2) is 0 Å². The fraction of sp³-hybridized carbons (Fsp3) is 0.300. The molecule has 2 rings (SSSR count). The van der Waals surface area contributed by atoms with E-state index in [9.17, 15) is 14.7 Å². The third-order valence-electron chi connectivity index (χ3n) is 3.89. The molecule has 0 radical (unpaired) electrons. The van der Waals surface area contributed by atoms with Gasteiger partial charge in [-0.1, -0.05) is 47.5 Å². The van der Waals surface area contributed by atoms with E-state index in [2.05, 4.69) is 10.6 Å². The van der Waals surface area contributed by atoms with E-state index in [1.807, 2.05) is 50.2 Å². The molecule has 0 aliphatic heterocycles. The summed E-state index contributed by atoms with van der Waals surface area (Å²) in [4.78, 5) is 24.2. The standard InChI is InChI=1S/C20H24N2O3/c1-14-3-7-16(8-4-14)18(11-12-23)22-20(25)13-19(24)21-17-9-5-15(2)6-10-17/h3-10,18,23H,11-13H2,1-2H3,(H,21,24)(H,22,25). The molecule has 25 heavy (non-hydrogen) atoms. The monoisotopic (exact) mass is 340 g/mol. The predicted octanol–water partition coefficient (Wildman–Crippen LogP) is 2.87. The third kappa shape index (κ3) is 6.04. The highest BCUT2D eigenvalue weighted by Crippen LogP contribution is 2.17. The summed E-state index contributed by atoms with van der Waals surface area (Å²) in [6.45, 7) is 3.90. The summed E-state index contributed by atoms with van der Waals surface area (Å²) in [5.41, 5.74) is 3.79. The fourth-order valence-corrected chi connectivity index (χ4v) is 2.48. The van der Waals surface area contributed by atoms with Crippen LogP contribution in [0.5, 0.6) is 0 Å². The molecule has 0 aliphatic carbocycles. The number of aryl methyl sites for hydroxylation is 2. The minimum atomic E-state index is -0.372. The molecule has 5 nitrogen and oxygen atoms in total. The molecule has 0 saturated heterocycles. The van der Waals surface area contributed by atoms with Gasteiger partial charge in [0.1, 0.15) is 6.42 Å². The Balaban J connectivity index is 1.92. The summed E-state index contributed by atoms with van der Waals surface area (Å²) in [6, 6.07) is 14.8. The van der Waals surface area contributed by atoms with Crippen molar-refractivity contribution in [3.8, 4) is 0 Å². The van der Waals surface area contributed by atoms with E-state index in [1.165, 1.54) is 0 Å². The highest BCUT2D eigenvalue weighted by atomic mass is 16.3. The molecule has 0 aromatic heterocycles. The van der Waals surface area contributed by atoms with Gasteiger partial charge in [0.25, 0.3) is 0 Å². The predicted molar refractivity (Wildman–Crippen MR) is 98.2 cm³/mol. The van der Waals surface area contributed by atoms with E-state index in [0.29, 0.717) is 12.1 Å². The van der Waals surface area contributed by atoms with E-state index in [1.54, 1.807) is 12.1 Å². The van der Waals surface area contributed by atoms with Crippen molar-refractivity contribution in [1.29, 1.82) is 0 Å².